The van der Waals surface area contributed by atoms with Gasteiger partial charge in [0.2, 0.25) is 5.95 Å². The number of hydrogen-bond acceptors (Lipinski definition) is 6. The number of aryl methyl sites for hydroxylation is 1. The highest BCUT2D eigenvalue weighted by molar-refractivity contribution is 5.92. The fourth-order valence-corrected chi connectivity index (χ4v) is 3.09. The van der Waals surface area contributed by atoms with E-state index in [1.165, 1.54) is 17.7 Å². The Morgan fingerprint density at radius 3 is 2.45 bits per heavy atom. The Bertz CT molecular complexity index is 1250. The molecule has 4 rings (SSSR count). The molecule has 0 saturated heterocycles. The first-order chi connectivity index (χ1) is 14.0. The Balaban J connectivity index is 1.73. The van der Waals surface area contributed by atoms with Gasteiger partial charge in [-0.05, 0) is 53.4 Å². The number of aromatic nitrogens is 3. The van der Waals surface area contributed by atoms with Crippen LogP contribution in [0.4, 0.5) is 17.3 Å². The molecule has 4 aromatic rings. The summed E-state index contributed by atoms with van der Waals surface area (Å²) in [5, 5.41) is 14.3. The van der Waals surface area contributed by atoms with Crippen LogP contribution in [0.1, 0.15) is 12.5 Å². The fourth-order valence-electron chi connectivity index (χ4n) is 3.09. The zero-order valence-electron chi connectivity index (χ0n) is 15.5. The Morgan fingerprint density at radius 1 is 1.07 bits per heavy atom. The van der Waals surface area contributed by atoms with Crippen molar-refractivity contribution in [2.24, 2.45) is 0 Å². The van der Waals surface area contributed by atoms with Crippen molar-refractivity contribution in [3.8, 4) is 11.1 Å². The summed E-state index contributed by atoms with van der Waals surface area (Å²) < 4.78 is 0. The third-order valence-electron chi connectivity index (χ3n) is 4.62. The molecule has 0 unspecified atom stereocenters. The van der Waals surface area contributed by atoms with Crippen LogP contribution in [0.3, 0.4) is 0 Å². The lowest BCUT2D eigenvalue weighted by Crippen LogP contribution is -2.13. The summed E-state index contributed by atoms with van der Waals surface area (Å²) in [6.45, 7) is 2.08. The molecule has 2 aromatic carbocycles. The van der Waals surface area contributed by atoms with Crippen LogP contribution in [0.5, 0.6) is 0 Å². The molecule has 0 bridgehead atoms. The molecule has 0 radical (unpaired) electrons. The van der Waals surface area contributed by atoms with Crippen LogP contribution in [0.25, 0.3) is 22.2 Å². The minimum Gasteiger partial charge on any atom is -0.326 e. The summed E-state index contributed by atoms with van der Waals surface area (Å²) in [4.78, 5) is 34.6. The second-order valence-electron chi connectivity index (χ2n) is 6.45. The van der Waals surface area contributed by atoms with Gasteiger partial charge < -0.3 is 5.32 Å². The fraction of sp³-hybridized carbons (Fsp3) is 0.0952. The molecule has 0 spiro atoms. The lowest BCUT2D eigenvalue weighted by atomic mass is 10.0. The van der Waals surface area contributed by atoms with Gasteiger partial charge in [-0.2, -0.15) is 4.98 Å². The number of hydrogen-bond donors (Lipinski definition) is 2. The molecule has 8 heteroatoms. The maximum atomic E-state index is 12.8. The van der Waals surface area contributed by atoms with Gasteiger partial charge in [0.1, 0.15) is 0 Å². The highest BCUT2D eigenvalue weighted by Gasteiger charge is 2.13. The molecule has 0 saturated carbocycles. The molecule has 8 nitrogen and oxygen atoms in total. The molecule has 2 aromatic heterocycles. The normalized spacial score (nSPS) is 10.8. The number of rotatable bonds is 5. The molecule has 0 aliphatic carbocycles. The molecule has 0 atom stereocenters. The number of nitro benzene ring substituents is 1. The topological polar surface area (TPSA) is 114 Å². The Kier molecular flexibility index (Phi) is 4.74. The number of nitrogens with one attached hydrogen (secondary N) is 2. The molecule has 144 valence electrons. The van der Waals surface area contributed by atoms with E-state index < -0.39 is 4.92 Å². The minimum absolute atomic E-state index is 0.0141. The first kappa shape index (κ1) is 18.3. The smallest absolute Gasteiger partial charge is 0.269 e. The molecule has 29 heavy (non-hydrogen) atoms. The summed E-state index contributed by atoms with van der Waals surface area (Å²) in [5.41, 5.74) is 3.23. The SMILES string of the molecule is CCc1ccc(Nc2nc3nccc(-c4ccc([N+](=O)[O-])cc4)c3c(=O)[nH]2)cc1. The number of H-pyrrole nitrogens is 1. The molecule has 0 fully saturated rings. The predicted molar refractivity (Wildman–Crippen MR) is 111 cm³/mol. The molecule has 0 aliphatic heterocycles. The molecular formula is C21H17N5O3. The van der Waals surface area contributed by atoms with Crippen LogP contribution >= 0.6 is 0 Å². The summed E-state index contributed by atoms with van der Waals surface area (Å²) in [6.07, 6.45) is 2.51. The first-order valence-corrected chi connectivity index (χ1v) is 9.05. The third kappa shape index (κ3) is 3.68. The van der Waals surface area contributed by atoms with Gasteiger partial charge in [-0.25, -0.2) is 4.98 Å². The van der Waals surface area contributed by atoms with Gasteiger partial charge in [0.25, 0.3) is 11.2 Å². The van der Waals surface area contributed by atoms with Crippen molar-refractivity contribution in [3.05, 3.63) is 86.8 Å². The van der Waals surface area contributed by atoms with Crippen LogP contribution in [0.2, 0.25) is 0 Å². The van der Waals surface area contributed by atoms with Gasteiger partial charge >= 0.3 is 0 Å². The summed E-state index contributed by atoms with van der Waals surface area (Å²) >= 11 is 0. The van der Waals surface area contributed by atoms with E-state index in [-0.39, 0.29) is 16.9 Å². The molecule has 0 aliphatic rings. The highest BCUT2D eigenvalue weighted by atomic mass is 16.6. The van der Waals surface area contributed by atoms with Gasteiger partial charge in [-0.1, -0.05) is 19.1 Å². The summed E-state index contributed by atoms with van der Waals surface area (Å²) in [5.74, 6) is 0.292. The third-order valence-corrected chi connectivity index (χ3v) is 4.62. The van der Waals surface area contributed by atoms with E-state index in [0.29, 0.717) is 22.5 Å². The van der Waals surface area contributed by atoms with Crippen molar-refractivity contribution in [1.29, 1.82) is 0 Å². The Labute approximate surface area is 165 Å². The average Bonchev–Trinajstić information content (AvgIpc) is 2.74. The van der Waals surface area contributed by atoms with E-state index in [0.717, 1.165) is 12.1 Å². The number of nitrogens with zero attached hydrogens (tertiary/aromatic N) is 3. The number of aromatic amines is 1. The van der Waals surface area contributed by atoms with Crippen LogP contribution in [-0.4, -0.2) is 19.9 Å². The van der Waals surface area contributed by atoms with Crippen LogP contribution < -0.4 is 10.9 Å². The highest BCUT2D eigenvalue weighted by Crippen LogP contribution is 2.26. The average molecular weight is 387 g/mol. The predicted octanol–water partition coefficient (Wildman–Crippen LogP) is 4.20. The molecule has 2 N–H and O–H groups in total. The zero-order chi connectivity index (χ0) is 20.4. The van der Waals surface area contributed by atoms with Crippen LogP contribution in [0.15, 0.2) is 65.6 Å². The van der Waals surface area contributed by atoms with Crippen molar-refractivity contribution in [2.45, 2.75) is 13.3 Å². The number of anilines is 2. The standard InChI is InChI=1S/C21H17N5O3/c1-2-13-3-7-15(8-4-13)23-21-24-19-18(20(27)25-21)17(11-12-22-19)14-5-9-16(10-6-14)26(28)29/h3-12H,2H2,1H3,(H2,22,23,24,25,27). The van der Waals surface area contributed by atoms with Gasteiger partial charge in [-0.15, -0.1) is 0 Å². The molecule has 0 amide bonds. The van der Waals surface area contributed by atoms with Gasteiger partial charge in [-0.3, -0.25) is 19.9 Å². The minimum atomic E-state index is -0.464. The van der Waals surface area contributed by atoms with Crippen molar-refractivity contribution < 1.29 is 4.92 Å². The van der Waals surface area contributed by atoms with Crippen LogP contribution in [0, 0.1) is 10.1 Å². The number of pyridine rings is 1. The lowest BCUT2D eigenvalue weighted by Gasteiger charge is -2.09. The van der Waals surface area contributed by atoms with Crippen LogP contribution in [-0.2, 0) is 6.42 Å². The number of non-ortho nitro benzene ring substituents is 1. The van der Waals surface area contributed by atoms with E-state index in [2.05, 4.69) is 27.2 Å². The quantitative estimate of drug-likeness (QED) is 0.392. The maximum absolute atomic E-state index is 12.8. The number of nitro groups is 1. The zero-order valence-corrected chi connectivity index (χ0v) is 15.5. The number of fused-ring (bicyclic) bond motifs is 1. The molecule has 2 heterocycles. The summed E-state index contributed by atoms with van der Waals surface area (Å²) in [6, 6.07) is 15.6. The maximum Gasteiger partial charge on any atom is 0.269 e. The first-order valence-electron chi connectivity index (χ1n) is 9.05. The van der Waals surface area contributed by atoms with E-state index in [1.807, 2.05) is 24.3 Å². The van der Waals surface area contributed by atoms with E-state index in [9.17, 15) is 14.9 Å². The van der Waals surface area contributed by atoms with Gasteiger partial charge in [0.05, 0.1) is 10.3 Å². The van der Waals surface area contributed by atoms with Crippen molar-refractivity contribution in [1.82, 2.24) is 15.0 Å². The lowest BCUT2D eigenvalue weighted by molar-refractivity contribution is -0.384. The van der Waals surface area contributed by atoms with Gasteiger partial charge in [0.15, 0.2) is 5.65 Å². The monoisotopic (exact) mass is 387 g/mol. The second-order valence-corrected chi connectivity index (χ2v) is 6.45. The van der Waals surface area contributed by atoms with Crippen molar-refractivity contribution >= 4 is 28.4 Å². The summed E-state index contributed by atoms with van der Waals surface area (Å²) in [7, 11) is 0. The molecular weight excluding hydrogens is 370 g/mol. The van der Waals surface area contributed by atoms with E-state index in [1.54, 1.807) is 24.4 Å². The largest absolute Gasteiger partial charge is 0.326 e. The van der Waals surface area contributed by atoms with Crippen molar-refractivity contribution in [2.75, 3.05) is 5.32 Å². The number of benzene rings is 2. The Morgan fingerprint density at radius 2 is 1.79 bits per heavy atom. The van der Waals surface area contributed by atoms with Gasteiger partial charge in [0, 0.05) is 24.0 Å². The van der Waals surface area contributed by atoms with E-state index >= 15 is 0 Å². The Hall–Kier alpha value is -4.07. The second kappa shape index (κ2) is 7.51. The van der Waals surface area contributed by atoms with E-state index in [4.69, 9.17) is 0 Å². The van der Waals surface area contributed by atoms with Crippen molar-refractivity contribution in [3.63, 3.8) is 0 Å².